The van der Waals surface area contributed by atoms with Crippen molar-refractivity contribution in [3.8, 4) is 11.5 Å². The lowest BCUT2D eigenvalue weighted by atomic mass is 10.1. The van der Waals surface area contributed by atoms with Crippen molar-refractivity contribution in [3.05, 3.63) is 52.6 Å². The van der Waals surface area contributed by atoms with E-state index in [2.05, 4.69) is 49.0 Å². The van der Waals surface area contributed by atoms with Crippen LogP contribution in [0.2, 0.25) is 0 Å². The minimum Gasteiger partial charge on any atom is -0.506 e. The smallest absolute Gasteiger partial charge is 0.277 e. The zero-order chi connectivity index (χ0) is 18.6. The maximum Gasteiger partial charge on any atom is 0.277 e. The van der Waals surface area contributed by atoms with E-state index in [1.165, 1.54) is 6.21 Å². The van der Waals surface area contributed by atoms with E-state index in [0.717, 1.165) is 22.7 Å². The number of aromatic hydroxyl groups is 1. The Morgan fingerprint density at radius 1 is 1.32 bits per heavy atom. The number of carbonyl (C=O) groups is 1. The van der Waals surface area contributed by atoms with Crippen LogP contribution in [0.25, 0.3) is 0 Å². The van der Waals surface area contributed by atoms with Crippen LogP contribution >= 0.6 is 61.1 Å². The molecule has 0 aliphatic heterocycles. The van der Waals surface area contributed by atoms with Gasteiger partial charge >= 0.3 is 0 Å². The summed E-state index contributed by atoms with van der Waals surface area (Å²) < 4.78 is 8.06. The highest BCUT2D eigenvalue weighted by molar-refractivity contribution is 14.1. The summed E-state index contributed by atoms with van der Waals surface area (Å²) in [6.45, 7) is 3.75. The van der Waals surface area contributed by atoms with Gasteiger partial charge in [-0.2, -0.15) is 5.10 Å². The van der Waals surface area contributed by atoms with Crippen LogP contribution in [0.3, 0.4) is 0 Å². The minimum atomic E-state index is -0.386. The van der Waals surface area contributed by atoms with Gasteiger partial charge in [-0.15, -0.1) is 0 Å². The highest BCUT2D eigenvalue weighted by atomic mass is 127. The highest BCUT2D eigenvalue weighted by Gasteiger charge is 2.09. The standard InChI is InChI=1S/C17H15BrI2N2O3/c1-9-3-10(2)17(13(18)4-9)25-8-15(23)22-21-7-11-5-12(19)6-14(20)16(11)24/h3-7,24H,8H2,1-2H3,(H,22,23)/b21-7-. The third kappa shape index (κ3) is 5.81. The van der Waals surface area contributed by atoms with Gasteiger partial charge in [0.05, 0.1) is 14.3 Å². The van der Waals surface area contributed by atoms with Crippen molar-refractivity contribution in [2.45, 2.75) is 13.8 Å². The number of halogens is 3. The fourth-order valence-corrected chi connectivity index (χ4v) is 4.79. The number of phenolic OH excluding ortho intramolecular Hbond substituents is 1. The molecule has 25 heavy (non-hydrogen) atoms. The number of hydrogen-bond donors (Lipinski definition) is 2. The lowest BCUT2D eigenvalue weighted by Gasteiger charge is -2.11. The summed E-state index contributed by atoms with van der Waals surface area (Å²) >= 11 is 7.63. The third-order valence-electron chi connectivity index (χ3n) is 3.17. The number of aryl methyl sites for hydroxylation is 2. The highest BCUT2D eigenvalue weighted by Crippen LogP contribution is 2.30. The van der Waals surface area contributed by atoms with Gasteiger partial charge in [0.15, 0.2) is 6.61 Å². The number of rotatable bonds is 5. The molecule has 1 amide bonds. The molecule has 0 aromatic heterocycles. The molecular weight excluding hydrogens is 614 g/mol. The fraction of sp³-hybridized carbons (Fsp3) is 0.176. The summed E-state index contributed by atoms with van der Waals surface area (Å²) in [6.07, 6.45) is 1.41. The van der Waals surface area contributed by atoms with E-state index >= 15 is 0 Å². The maximum absolute atomic E-state index is 11.9. The Kier molecular flexibility index (Phi) is 7.50. The zero-order valence-corrected chi connectivity index (χ0v) is 19.3. The third-order valence-corrected chi connectivity index (χ3v) is 5.21. The number of nitrogens with zero attached hydrogens (tertiary/aromatic N) is 1. The average molecular weight is 629 g/mol. The zero-order valence-electron chi connectivity index (χ0n) is 13.4. The first-order valence-electron chi connectivity index (χ1n) is 7.17. The Hall–Kier alpha value is -0.880. The second kappa shape index (κ2) is 9.17. The van der Waals surface area contributed by atoms with Crippen LogP contribution in [0, 0.1) is 21.0 Å². The molecule has 8 heteroatoms. The van der Waals surface area contributed by atoms with Crippen LogP contribution in [0.15, 0.2) is 33.8 Å². The molecule has 2 rings (SSSR count). The van der Waals surface area contributed by atoms with Crippen molar-refractivity contribution in [1.29, 1.82) is 0 Å². The summed E-state index contributed by atoms with van der Waals surface area (Å²) in [7, 11) is 0. The predicted octanol–water partition coefficient (Wildman–Crippen LogP) is 4.51. The molecule has 0 unspecified atom stereocenters. The SMILES string of the molecule is Cc1cc(C)c(OCC(=O)N/N=C\c2cc(I)cc(I)c2O)c(Br)c1. The Bertz CT molecular complexity index is 818. The lowest BCUT2D eigenvalue weighted by molar-refractivity contribution is -0.123. The van der Waals surface area contributed by atoms with Crippen molar-refractivity contribution in [2.75, 3.05) is 6.61 Å². The summed E-state index contributed by atoms with van der Waals surface area (Å²) in [5.74, 6) is 0.381. The van der Waals surface area contributed by atoms with Crippen molar-refractivity contribution >= 4 is 73.2 Å². The number of phenols is 1. The van der Waals surface area contributed by atoms with E-state index in [9.17, 15) is 9.90 Å². The molecule has 0 saturated carbocycles. The molecule has 2 N–H and O–H groups in total. The van der Waals surface area contributed by atoms with Gasteiger partial charge in [0.2, 0.25) is 0 Å². The molecule has 2 aromatic carbocycles. The van der Waals surface area contributed by atoms with Crippen molar-refractivity contribution < 1.29 is 14.6 Å². The molecule has 0 aliphatic carbocycles. The van der Waals surface area contributed by atoms with E-state index in [1.807, 2.05) is 54.6 Å². The first-order valence-corrected chi connectivity index (χ1v) is 10.1. The molecule has 0 atom stereocenters. The fourth-order valence-electron chi connectivity index (χ4n) is 2.11. The van der Waals surface area contributed by atoms with Crippen molar-refractivity contribution in [3.63, 3.8) is 0 Å². The Morgan fingerprint density at radius 3 is 2.72 bits per heavy atom. The van der Waals surface area contributed by atoms with Gasteiger partial charge in [-0.1, -0.05) is 6.07 Å². The van der Waals surface area contributed by atoms with Crippen LogP contribution in [-0.4, -0.2) is 23.8 Å². The maximum atomic E-state index is 11.9. The summed E-state index contributed by atoms with van der Waals surface area (Å²) in [5, 5.41) is 13.9. The monoisotopic (exact) mass is 628 g/mol. The number of ether oxygens (including phenoxy) is 1. The largest absolute Gasteiger partial charge is 0.506 e. The van der Waals surface area contributed by atoms with Crippen LogP contribution in [-0.2, 0) is 4.79 Å². The molecule has 5 nitrogen and oxygen atoms in total. The lowest BCUT2D eigenvalue weighted by Crippen LogP contribution is -2.24. The van der Waals surface area contributed by atoms with Crippen molar-refractivity contribution in [2.24, 2.45) is 5.10 Å². The first kappa shape index (κ1) is 20.4. The number of nitrogens with one attached hydrogen (secondary N) is 1. The quantitative estimate of drug-likeness (QED) is 0.291. The number of hydrazone groups is 1. The predicted molar refractivity (Wildman–Crippen MR) is 118 cm³/mol. The molecule has 0 spiro atoms. The Balaban J connectivity index is 1.96. The van der Waals surface area contributed by atoms with Gasteiger partial charge in [0.25, 0.3) is 5.91 Å². The second-order valence-corrected chi connectivity index (χ2v) is 8.56. The minimum absolute atomic E-state index is 0.134. The molecule has 2 aromatic rings. The molecule has 0 saturated heterocycles. The van der Waals surface area contributed by atoms with Gasteiger partial charge < -0.3 is 9.84 Å². The van der Waals surface area contributed by atoms with Crippen LogP contribution in [0.4, 0.5) is 0 Å². The van der Waals surface area contributed by atoms with Gasteiger partial charge in [-0.05, 0) is 104 Å². The van der Waals surface area contributed by atoms with Crippen LogP contribution in [0.1, 0.15) is 16.7 Å². The molecular formula is C17H15BrI2N2O3. The van der Waals surface area contributed by atoms with E-state index < -0.39 is 0 Å². The number of hydrogen-bond acceptors (Lipinski definition) is 4. The first-order chi connectivity index (χ1) is 11.8. The van der Waals surface area contributed by atoms with Gasteiger partial charge in [0, 0.05) is 9.13 Å². The Morgan fingerprint density at radius 2 is 2.04 bits per heavy atom. The summed E-state index contributed by atoms with van der Waals surface area (Å²) in [6, 6.07) is 7.54. The molecule has 0 heterocycles. The van der Waals surface area contributed by atoms with Crippen LogP contribution < -0.4 is 10.2 Å². The van der Waals surface area contributed by atoms with E-state index in [0.29, 0.717) is 11.3 Å². The normalized spacial score (nSPS) is 10.9. The van der Waals surface area contributed by atoms with Crippen LogP contribution in [0.5, 0.6) is 11.5 Å². The number of carbonyl (C=O) groups excluding carboxylic acids is 1. The molecule has 132 valence electrons. The van der Waals surface area contributed by atoms with E-state index in [-0.39, 0.29) is 18.3 Å². The van der Waals surface area contributed by atoms with Gasteiger partial charge in [0.1, 0.15) is 11.5 Å². The summed E-state index contributed by atoms with van der Waals surface area (Å²) in [5.41, 5.74) is 4.98. The molecule has 0 radical (unpaired) electrons. The molecule has 0 fully saturated rings. The van der Waals surface area contributed by atoms with E-state index in [4.69, 9.17) is 4.74 Å². The molecule has 0 bridgehead atoms. The van der Waals surface area contributed by atoms with Crippen molar-refractivity contribution in [1.82, 2.24) is 5.43 Å². The molecule has 0 aliphatic rings. The van der Waals surface area contributed by atoms with Gasteiger partial charge in [-0.25, -0.2) is 5.43 Å². The second-order valence-electron chi connectivity index (χ2n) is 5.30. The summed E-state index contributed by atoms with van der Waals surface area (Å²) in [4.78, 5) is 11.9. The topological polar surface area (TPSA) is 70.9 Å². The average Bonchev–Trinajstić information content (AvgIpc) is 2.50. The number of benzene rings is 2. The van der Waals surface area contributed by atoms with Gasteiger partial charge in [-0.3, -0.25) is 4.79 Å². The Labute approximate surface area is 181 Å². The van der Waals surface area contributed by atoms with E-state index in [1.54, 1.807) is 6.07 Å². The number of amides is 1.